The zero-order valence-electron chi connectivity index (χ0n) is 7.11. The fourth-order valence-electron chi connectivity index (χ4n) is 0.813. The summed E-state index contributed by atoms with van der Waals surface area (Å²) in [6.45, 7) is -0.262. The maximum absolute atomic E-state index is 12.3. The number of halogens is 4. The molecule has 1 heterocycles. The number of nitrogens with one attached hydrogen (secondary N) is 1. The van der Waals surface area contributed by atoms with Crippen LogP contribution in [0, 0.1) is 5.82 Å². The second kappa shape index (κ2) is 4.26. The van der Waals surface area contributed by atoms with Gasteiger partial charge in [0.1, 0.15) is 11.6 Å². The van der Waals surface area contributed by atoms with Crippen LogP contribution in [-0.2, 0) is 0 Å². The van der Waals surface area contributed by atoms with Gasteiger partial charge in [0.05, 0.1) is 12.6 Å². The summed E-state index contributed by atoms with van der Waals surface area (Å²) < 4.78 is 47.4. The fraction of sp³-hybridized carbons (Fsp3) is 0.375. The van der Waals surface area contributed by atoms with Crippen LogP contribution in [0.4, 0.5) is 23.4 Å². The van der Waals surface area contributed by atoms with Gasteiger partial charge in [-0.15, -0.1) is 0 Å². The summed E-state index contributed by atoms with van der Waals surface area (Å²) in [4.78, 5) is 3.54. The van der Waals surface area contributed by atoms with Gasteiger partial charge in [0.2, 0.25) is 0 Å². The Kier molecular flexibility index (Phi) is 3.27. The quantitative estimate of drug-likeness (QED) is 0.772. The van der Waals surface area contributed by atoms with Crippen molar-refractivity contribution in [2.45, 2.75) is 12.6 Å². The molecule has 1 rings (SSSR count). The van der Waals surface area contributed by atoms with E-state index in [1.54, 1.807) is 0 Å². The van der Waals surface area contributed by atoms with Crippen molar-refractivity contribution in [3.63, 3.8) is 0 Å². The molecule has 0 spiro atoms. The van der Waals surface area contributed by atoms with Crippen LogP contribution in [0.15, 0.2) is 18.3 Å². The molecule has 0 aliphatic heterocycles. The topological polar surface area (TPSA) is 24.9 Å². The first-order valence-electron chi connectivity index (χ1n) is 3.89. The van der Waals surface area contributed by atoms with Crippen LogP contribution in [0.1, 0.15) is 6.42 Å². The van der Waals surface area contributed by atoms with Crippen LogP contribution in [0.25, 0.3) is 0 Å². The summed E-state index contributed by atoms with van der Waals surface area (Å²) in [5.41, 5.74) is 0. The van der Waals surface area contributed by atoms with Crippen LogP contribution in [0.3, 0.4) is 0 Å². The van der Waals surface area contributed by atoms with Gasteiger partial charge in [-0.05, 0) is 12.1 Å². The first-order valence-corrected chi connectivity index (χ1v) is 3.89. The second-order valence-electron chi connectivity index (χ2n) is 2.65. The summed E-state index contributed by atoms with van der Waals surface area (Å²) >= 11 is 0. The Labute approximate surface area is 78.0 Å². The first kappa shape index (κ1) is 10.7. The van der Waals surface area contributed by atoms with E-state index < -0.39 is 18.4 Å². The highest BCUT2D eigenvalue weighted by Crippen LogP contribution is 2.19. The van der Waals surface area contributed by atoms with Crippen LogP contribution < -0.4 is 5.32 Å². The van der Waals surface area contributed by atoms with E-state index in [9.17, 15) is 17.6 Å². The Morgan fingerprint density at radius 1 is 1.29 bits per heavy atom. The van der Waals surface area contributed by atoms with Gasteiger partial charge in [-0.3, -0.25) is 0 Å². The maximum atomic E-state index is 12.3. The zero-order valence-corrected chi connectivity index (χ0v) is 7.11. The van der Waals surface area contributed by atoms with Gasteiger partial charge >= 0.3 is 6.18 Å². The van der Waals surface area contributed by atoms with Crippen molar-refractivity contribution >= 4 is 5.82 Å². The monoisotopic (exact) mass is 208 g/mol. The molecule has 0 bridgehead atoms. The number of alkyl halides is 3. The largest absolute Gasteiger partial charge is 0.390 e. The highest BCUT2D eigenvalue weighted by Gasteiger charge is 2.26. The minimum Gasteiger partial charge on any atom is -0.370 e. The van der Waals surface area contributed by atoms with Gasteiger partial charge in [0, 0.05) is 6.54 Å². The fourth-order valence-corrected chi connectivity index (χ4v) is 0.813. The number of anilines is 1. The second-order valence-corrected chi connectivity index (χ2v) is 2.65. The lowest BCUT2D eigenvalue weighted by Crippen LogP contribution is -2.15. The van der Waals surface area contributed by atoms with Gasteiger partial charge in [0.25, 0.3) is 0 Å². The Hall–Kier alpha value is -1.33. The van der Waals surface area contributed by atoms with Crippen LogP contribution in [0.5, 0.6) is 0 Å². The minimum absolute atomic E-state index is 0.232. The number of nitrogens with zero attached hydrogens (tertiary/aromatic N) is 1. The van der Waals surface area contributed by atoms with Crippen molar-refractivity contribution in [1.29, 1.82) is 0 Å². The Balaban J connectivity index is 2.35. The third kappa shape index (κ3) is 4.06. The lowest BCUT2D eigenvalue weighted by atomic mass is 10.4. The Morgan fingerprint density at radius 2 is 2.00 bits per heavy atom. The van der Waals surface area contributed by atoms with Crippen LogP contribution in [0.2, 0.25) is 0 Å². The molecule has 0 saturated carbocycles. The first-order chi connectivity index (χ1) is 6.47. The van der Waals surface area contributed by atoms with E-state index in [4.69, 9.17) is 0 Å². The molecule has 1 N–H and O–H groups in total. The van der Waals surface area contributed by atoms with Crippen LogP contribution in [-0.4, -0.2) is 17.7 Å². The van der Waals surface area contributed by atoms with Gasteiger partial charge in [-0.1, -0.05) is 0 Å². The molecule has 0 aliphatic rings. The Bertz CT molecular complexity index is 280. The molecule has 0 amide bonds. The SMILES string of the molecule is Fc1ccc(NCCC(F)(F)F)nc1. The summed E-state index contributed by atoms with van der Waals surface area (Å²) in [6, 6.07) is 2.41. The molecule has 14 heavy (non-hydrogen) atoms. The predicted molar refractivity (Wildman–Crippen MR) is 43.4 cm³/mol. The van der Waals surface area contributed by atoms with Gasteiger partial charge in [0.15, 0.2) is 0 Å². The van der Waals surface area contributed by atoms with E-state index in [0.29, 0.717) is 0 Å². The van der Waals surface area contributed by atoms with Crippen molar-refractivity contribution in [2.75, 3.05) is 11.9 Å². The third-order valence-corrected chi connectivity index (χ3v) is 1.44. The van der Waals surface area contributed by atoms with Crippen molar-refractivity contribution in [2.24, 2.45) is 0 Å². The smallest absolute Gasteiger partial charge is 0.370 e. The standard InChI is InChI=1S/C8H8F4N2/c9-6-1-2-7(14-5-6)13-4-3-8(10,11)12/h1-2,5H,3-4H2,(H,13,14). The highest BCUT2D eigenvalue weighted by molar-refractivity contribution is 5.33. The van der Waals surface area contributed by atoms with Gasteiger partial charge in [-0.25, -0.2) is 9.37 Å². The van der Waals surface area contributed by atoms with Gasteiger partial charge < -0.3 is 5.32 Å². The van der Waals surface area contributed by atoms with E-state index in [0.717, 1.165) is 12.3 Å². The summed E-state index contributed by atoms with van der Waals surface area (Å²) in [6.07, 6.45) is -4.19. The van der Waals surface area contributed by atoms with Crippen LogP contribution >= 0.6 is 0 Å². The molecule has 0 atom stereocenters. The molecule has 2 nitrogen and oxygen atoms in total. The molecule has 0 aliphatic carbocycles. The molecule has 1 aromatic rings. The molecule has 0 fully saturated rings. The Morgan fingerprint density at radius 3 is 2.50 bits per heavy atom. The number of rotatable bonds is 3. The van der Waals surface area contributed by atoms with Crippen molar-refractivity contribution in [1.82, 2.24) is 4.98 Å². The summed E-state index contributed by atoms with van der Waals surface area (Å²) in [5.74, 6) is -0.290. The van der Waals surface area contributed by atoms with E-state index in [1.165, 1.54) is 6.07 Å². The molecule has 0 unspecified atom stereocenters. The molecular formula is C8H8F4N2. The normalized spacial score (nSPS) is 11.4. The molecular weight excluding hydrogens is 200 g/mol. The zero-order chi connectivity index (χ0) is 10.6. The van der Waals surface area contributed by atoms with E-state index in [1.807, 2.05) is 0 Å². The summed E-state index contributed by atoms with van der Waals surface area (Å²) in [7, 11) is 0. The number of hydrogen-bond acceptors (Lipinski definition) is 2. The molecule has 0 aromatic carbocycles. The average Bonchev–Trinajstić information content (AvgIpc) is 2.06. The maximum Gasteiger partial charge on any atom is 0.390 e. The van der Waals surface area contributed by atoms with E-state index in [-0.39, 0.29) is 12.4 Å². The minimum atomic E-state index is -4.19. The molecule has 6 heteroatoms. The molecule has 0 radical (unpaired) electrons. The molecule has 78 valence electrons. The molecule has 0 saturated heterocycles. The molecule has 1 aromatic heterocycles. The summed E-state index contributed by atoms with van der Waals surface area (Å²) in [5, 5.41) is 2.43. The van der Waals surface area contributed by atoms with Crippen molar-refractivity contribution in [3.05, 3.63) is 24.1 Å². The third-order valence-electron chi connectivity index (χ3n) is 1.44. The lowest BCUT2D eigenvalue weighted by molar-refractivity contribution is -0.131. The van der Waals surface area contributed by atoms with E-state index in [2.05, 4.69) is 10.3 Å². The number of pyridine rings is 1. The van der Waals surface area contributed by atoms with E-state index >= 15 is 0 Å². The van der Waals surface area contributed by atoms with Gasteiger partial charge in [-0.2, -0.15) is 13.2 Å². The number of hydrogen-bond donors (Lipinski definition) is 1. The average molecular weight is 208 g/mol. The lowest BCUT2D eigenvalue weighted by Gasteiger charge is -2.07. The van der Waals surface area contributed by atoms with Crippen molar-refractivity contribution in [3.8, 4) is 0 Å². The number of aromatic nitrogens is 1. The highest BCUT2D eigenvalue weighted by atomic mass is 19.4. The van der Waals surface area contributed by atoms with Crippen molar-refractivity contribution < 1.29 is 17.6 Å². The predicted octanol–water partition coefficient (Wildman–Crippen LogP) is 2.59.